The molecular formula is C16H24N4. The summed E-state index contributed by atoms with van der Waals surface area (Å²) in [6, 6.07) is 3.67. The third-order valence-electron chi connectivity index (χ3n) is 5.27. The molecule has 108 valence electrons. The van der Waals surface area contributed by atoms with Crippen LogP contribution in [-0.2, 0) is 0 Å². The first-order chi connectivity index (χ1) is 9.70. The smallest absolute Gasteiger partial charge is 0.134 e. The molecule has 2 bridgehead atoms. The summed E-state index contributed by atoms with van der Waals surface area (Å²) in [6.07, 6.45) is 6.55. The van der Waals surface area contributed by atoms with Gasteiger partial charge in [0.15, 0.2) is 0 Å². The fraction of sp³-hybridized carbons (Fsp3) is 0.750. The lowest BCUT2D eigenvalue weighted by atomic mass is 10.1. The largest absolute Gasteiger partial charge is 0.355 e. The summed E-state index contributed by atoms with van der Waals surface area (Å²) in [5.41, 5.74) is 1.12. The van der Waals surface area contributed by atoms with Crippen molar-refractivity contribution in [1.29, 1.82) is 0 Å². The van der Waals surface area contributed by atoms with Crippen molar-refractivity contribution in [3.8, 4) is 0 Å². The molecule has 2 atom stereocenters. The second kappa shape index (κ2) is 4.69. The Labute approximate surface area is 121 Å². The Morgan fingerprint density at radius 1 is 1.05 bits per heavy atom. The molecule has 1 aliphatic carbocycles. The van der Waals surface area contributed by atoms with Crippen molar-refractivity contribution in [2.24, 2.45) is 0 Å². The molecule has 0 radical (unpaired) electrons. The zero-order chi connectivity index (χ0) is 13.7. The van der Waals surface area contributed by atoms with E-state index in [2.05, 4.69) is 34.8 Å². The van der Waals surface area contributed by atoms with E-state index in [1.54, 1.807) is 0 Å². The van der Waals surface area contributed by atoms with Crippen molar-refractivity contribution in [1.82, 2.24) is 14.9 Å². The molecule has 0 N–H and O–H groups in total. The van der Waals surface area contributed by atoms with Gasteiger partial charge >= 0.3 is 0 Å². The SMILES string of the molecule is Cc1cc(N2CC[C@H]3CC[C@@H](C2)N3C)nc(C2CC2)n1. The van der Waals surface area contributed by atoms with E-state index in [0.717, 1.165) is 30.6 Å². The fourth-order valence-corrected chi connectivity index (χ4v) is 3.78. The van der Waals surface area contributed by atoms with Gasteiger partial charge in [0.25, 0.3) is 0 Å². The minimum Gasteiger partial charge on any atom is -0.355 e. The lowest BCUT2D eigenvalue weighted by molar-refractivity contribution is 0.254. The standard InChI is InChI=1S/C16H24N4/c1-11-9-15(18-16(17-11)12-3-4-12)20-8-7-13-5-6-14(10-20)19(13)2/h9,12-14H,3-8,10H2,1-2H3/t13-,14+/m1/s1. The quantitative estimate of drug-likeness (QED) is 0.827. The molecule has 0 aromatic carbocycles. The molecule has 0 spiro atoms. The van der Waals surface area contributed by atoms with Crippen LogP contribution in [0, 0.1) is 6.92 Å². The highest BCUT2D eigenvalue weighted by molar-refractivity contribution is 5.41. The van der Waals surface area contributed by atoms with E-state index in [1.807, 2.05) is 0 Å². The van der Waals surface area contributed by atoms with Crippen LogP contribution in [0.3, 0.4) is 0 Å². The summed E-state index contributed by atoms with van der Waals surface area (Å²) in [7, 11) is 2.30. The molecule has 3 heterocycles. The number of likely N-dealkylation sites (N-methyl/N-ethyl adjacent to an activating group) is 1. The Bertz CT molecular complexity index is 511. The summed E-state index contributed by atoms with van der Waals surface area (Å²) >= 11 is 0. The predicted octanol–water partition coefficient (Wildman–Crippen LogP) is 2.34. The summed E-state index contributed by atoms with van der Waals surface area (Å²) in [5.74, 6) is 2.89. The van der Waals surface area contributed by atoms with E-state index < -0.39 is 0 Å². The van der Waals surface area contributed by atoms with E-state index in [4.69, 9.17) is 4.98 Å². The number of nitrogens with zero attached hydrogens (tertiary/aromatic N) is 4. The zero-order valence-electron chi connectivity index (χ0n) is 12.5. The molecule has 20 heavy (non-hydrogen) atoms. The van der Waals surface area contributed by atoms with Crippen LogP contribution in [-0.4, -0.2) is 47.1 Å². The first-order valence-electron chi connectivity index (χ1n) is 8.03. The van der Waals surface area contributed by atoms with Crippen LogP contribution in [0.2, 0.25) is 0 Å². The van der Waals surface area contributed by atoms with Gasteiger partial charge in [0.05, 0.1) is 0 Å². The maximum atomic E-state index is 4.87. The number of fused-ring (bicyclic) bond motifs is 2. The van der Waals surface area contributed by atoms with Gasteiger partial charge in [-0.25, -0.2) is 9.97 Å². The van der Waals surface area contributed by atoms with Crippen LogP contribution in [0.25, 0.3) is 0 Å². The molecule has 4 rings (SSSR count). The molecule has 1 aromatic rings. The molecule has 1 aromatic heterocycles. The fourth-order valence-electron chi connectivity index (χ4n) is 3.78. The summed E-state index contributed by atoms with van der Waals surface area (Å²) in [5, 5.41) is 0. The van der Waals surface area contributed by atoms with Crippen molar-refractivity contribution in [2.75, 3.05) is 25.0 Å². The van der Waals surface area contributed by atoms with Crippen molar-refractivity contribution in [2.45, 2.75) is 57.0 Å². The number of aromatic nitrogens is 2. The van der Waals surface area contributed by atoms with Crippen LogP contribution >= 0.6 is 0 Å². The molecule has 2 saturated heterocycles. The highest BCUT2D eigenvalue weighted by Gasteiger charge is 2.35. The number of hydrogen-bond acceptors (Lipinski definition) is 4. The average Bonchev–Trinajstić information content (AvgIpc) is 3.18. The second-order valence-corrected chi connectivity index (χ2v) is 6.79. The van der Waals surface area contributed by atoms with Gasteiger partial charge in [0.2, 0.25) is 0 Å². The van der Waals surface area contributed by atoms with Gasteiger partial charge in [-0.05, 0) is 46.1 Å². The Morgan fingerprint density at radius 2 is 1.85 bits per heavy atom. The summed E-state index contributed by atoms with van der Waals surface area (Å²) < 4.78 is 0. The lowest BCUT2D eigenvalue weighted by Gasteiger charge is -2.27. The molecular weight excluding hydrogens is 248 g/mol. The van der Waals surface area contributed by atoms with Crippen LogP contribution in [0.5, 0.6) is 0 Å². The van der Waals surface area contributed by atoms with Crippen molar-refractivity contribution in [3.63, 3.8) is 0 Å². The average molecular weight is 272 g/mol. The van der Waals surface area contributed by atoms with Gasteiger partial charge in [-0.1, -0.05) is 0 Å². The van der Waals surface area contributed by atoms with Gasteiger partial charge < -0.3 is 4.90 Å². The van der Waals surface area contributed by atoms with Gasteiger partial charge in [-0.3, -0.25) is 4.90 Å². The maximum Gasteiger partial charge on any atom is 0.134 e. The first kappa shape index (κ1) is 12.6. The molecule has 0 unspecified atom stereocenters. The molecule has 4 heteroatoms. The van der Waals surface area contributed by atoms with Gasteiger partial charge in [0, 0.05) is 42.9 Å². The maximum absolute atomic E-state index is 4.87. The van der Waals surface area contributed by atoms with E-state index in [0.29, 0.717) is 12.0 Å². The van der Waals surface area contributed by atoms with E-state index in [9.17, 15) is 0 Å². The van der Waals surface area contributed by atoms with Crippen LogP contribution in [0.4, 0.5) is 5.82 Å². The number of hydrogen-bond donors (Lipinski definition) is 0. The molecule has 4 nitrogen and oxygen atoms in total. The number of rotatable bonds is 2. The molecule has 1 saturated carbocycles. The van der Waals surface area contributed by atoms with Gasteiger partial charge in [0.1, 0.15) is 11.6 Å². The highest BCUT2D eigenvalue weighted by atomic mass is 15.3. The minimum atomic E-state index is 0.639. The molecule has 3 aliphatic rings. The topological polar surface area (TPSA) is 32.3 Å². The van der Waals surface area contributed by atoms with Crippen molar-refractivity contribution >= 4 is 5.82 Å². The third-order valence-corrected chi connectivity index (χ3v) is 5.27. The first-order valence-corrected chi connectivity index (χ1v) is 8.03. The van der Waals surface area contributed by atoms with Crippen molar-refractivity contribution < 1.29 is 0 Å². The molecule has 0 amide bonds. The third kappa shape index (κ3) is 2.20. The Hall–Kier alpha value is -1.16. The number of anilines is 1. The van der Waals surface area contributed by atoms with Crippen LogP contribution in [0.1, 0.15) is 49.5 Å². The Kier molecular flexibility index (Phi) is 2.95. The monoisotopic (exact) mass is 272 g/mol. The number of aryl methyl sites for hydroxylation is 1. The Morgan fingerprint density at radius 3 is 2.65 bits per heavy atom. The highest BCUT2D eigenvalue weighted by Crippen LogP contribution is 2.39. The van der Waals surface area contributed by atoms with Gasteiger partial charge in [-0.15, -0.1) is 0 Å². The lowest BCUT2D eigenvalue weighted by Crippen LogP contribution is -2.37. The Balaban J connectivity index is 1.60. The van der Waals surface area contributed by atoms with Crippen LogP contribution < -0.4 is 4.90 Å². The second-order valence-electron chi connectivity index (χ2n) is 6.79. The predicted molar refractivity (Wildman–Crippen MR) is 80.1 cm³/mol. The molecule has 2 aliphatic heterocycles. The van der Waals surface area contributed by atoms with E-state index in [-0.39, 0.29) is 0 Å². The summed E-state index contributed by atoms with van der Waals surface area (Å²) in [6.45, 7) is 4.38. The summed E-state index contributed by atoms with van der Waals surface area (Å²) in [4.78, 5) is 14.6. The zero-order valence-corrected chi connectivity index (χ0v) is 12.5. The minimum absolute atomic E-state index is 0.639. The van der Waals surface area contributed by atoms with Crippen molar-refractivity contribution in [3.05, 3.63) is 17.6 Å². The van der Waals surface area contributed by atoms with E-state index in [1.165, 1.54) is 37.9 Å². The van der Waals surface area contributed by atoms with E-state index >= 15 is 0 Å². The molecule has 3 fully saturated rings. The van der Waals surface area contributed by atoms with Gasteiger partial charge in [-0.2, -0.15) is 0 Å². The van der Waals surface area contributed by atoms with Crippen LogP contribution in [0.15, 0.2) is 6.07 Å². The normalized spacial score (nSPS) is 30.6.